The molecule has 0 radical (unpaired) electrons. The fourth-order valence-electron chi connectivity index (χ4n) is 13.9. The van der Waals surface area contributed by atoms with Crippen LogP contribution in [0.4, 0.5) is 0 Å². The summed E-state index contributed by atoms with van der Waals surface area (Å²) in [4.78, 5) is 59.2. The molecular weight excluding hydrogens is 1630 g/mol. The summed E-state index contributed by atoms with van der Waals surface area (Å²) in [7, 11) is -9.82. The van der Waals surface area contributed by atoms with Gasteiger partial charge in [-0.3, -0.25) is 32.5 Å². The van der Waals surface area contributed by atoms with Crippen molar-refractivity contribution in [2.45, 2.75) is 450 Å². The van der Waals surface area contributed by atoms with Crippen LogP contribution in [0, 0.1) is 0 Å². The molecule has 0 heterocycles. The highest BCUT2D eigenvalue weighted by atomic mass is 31.2. The van der Waals surface area contributed by atoms with Gasteiger partial charge in [-0.05, 0) is 161 Å². The lowest BCUT2D eigenvalue weighted by Gasteiger charge is -2.21. The maximum atomic E-state index is 13.1. The lowest BCUT2D eigenvalue weighted by Crippen LogP contribution is -2.30. The molecule has 0 aromatic rings. The molecule has 728 valence electrons. The van der Waals surface area contributed by atoms with Crippen molar-refractivity contribution < 1.29 is 75.8 Å². The van der Waals surface area contributed by atoms with Crippen LogP contribution in [0.2, 0.25) is 0 Å². The highest BCUT2D eigenvalue weighted by Crippen LogP contribution is 2.45. The molecule has 127 heavy (non-hydrogen) atoms. The van der Waals surface area contributed by atoms with E-state index in [2.05, 4.69) is 203 Å². The molecule has 0 amide bonds. The second kappa shape index (κ2) is 99.7. The van der Waals surface area contributed by atoms with E-state index in [1.807, 2.05) is 0 Å². The summed E-state index contributed by atoms with van der Waals surface area (Å²) in [5.41, 5.74) is 0. The predicted octanol–water partition coefficient (Wildman–Crippen LogP) is 32.3. The SMILES string of the molecule is CC/C=C\C/C=C\C/C=C\C/C=C\C/C=C\C/C=C\CCCCCCCCCCCCCCCCCCC(=O)OCC(O)COP(=O)(O)OCC(O)COP(=O)(O)OCC(COC(=O)CCCCCCCCCCCCCCCCCCC/C=C\C/C=C\C/C=C\C/C=C\CCCCC)OC(=O)CCCCCCCCC/C=C\C/C=C\C/C=C\C/C=C\C/C=C\CC. The van der Waals surface area contributed by atoms with Crippen LogP contribution in [0.25, 0.3) is 0 Å². The van der Waals surface area contributed by atoms with Crippen molar-refractivity contribution in [3.63, 3.8) is 0 Å². The van der Waals surface area contributed by atoms with Crippen LogP contribution in [-0.4, -0.2) is 95.9 Å². The minimum Gasteiger partial charge on any atom is -0.463 e. The van der Waals surface area contributed by atoms with E-state index in [1.165, 1.54) is 199 Å². The molecule has 0 aliphatic heterocycles. The Kier molecular flexibility index (Phi) is 95.5. The number of unbranched alkanes of at least 4 members (excludes halogenated alkanes) is 43. The summed E-state index contributed by atoms with van der Waals surface area (Å²) in [5.74, 6) is -1.57. The monoisotopic (exact) mass is 1810 g/mol. The molecule has 0 saturated heterocycles. The molecule has 0 fully saturated rings. The van der Waals surface area contributed by atoms with Crippen LogP contribution in [0.15, 0.2) is 182 Å². The first-order chi connectivity index (χ1) is 62.2. The zero-order valence-electron chi connectivity index (χ0n) is 80.6. The summed E-state index contributed by atoms with van der Waals surface area (Å²) in [6.45, 7) is 2.48. The summed E-state index contributed by atoms with van der Waals surface area (Å²) < 4.78 is 61.7. The zero-order chi connectivity index (χ0) is 92.1. The van der Waals surface area contributed by atoms with Gasteiger partial charge in [-0.1, -0.05) is 434 Å². The number of phosphoric acid groups is 2. The number of aliphatic hydroxyl groups excluding tert-OH is 2. The van der Waals surface area contributed by atoms with Crippen LogP contribution in [-0.2, 0) is 55.8 Å². The smallest absolute Gasteiger partial charge is 0.463 e. The second-order valence-corrected chi connectivity index (χ2v) is 36.8. The average molecular weight is 1810 g/mol. The first kappa shape index (κ1) is 122. The van der Waals surface area contributed by atoms with Crippen molar-refractivity contribution in [1.82, 2.24) is 0 Å². The number of carbonyl (C=O) groups is 3. The highest BCUT2D eigenvalue weighted by molar-refractivity contribution is 7.47. The Morgan fingerprint density at radius 2 is 0.417 bits per heavy atom. The lowest BCUT2D eigenvalue weighted by atomic mass is 10.0. The molecule has 0 aromatic carbocycles. The van der Waals surface area contributed by atoms with Gasteiger partial charge in [-0.2, -0.15) is 0 Å². The lowest BCUT2D eigenvalue weighted by molar-refractivity contribution is -0.161. The highest BCUT2D eigenvalue weighted by Gasteiger charge is 2.30. The number of rotatable bonds is 96. The Morgan fingerprint density at radius 1 is 0.228 bits per heavy atom. The second-order valence-electron chi connectivity index (χ2n) is 33.9. The van der Waals surface area contributed by atoms with Crippen LogP contribution in [0.1, 0.15) is 432 Å². The van der Waals surface area contributed by atoms with Crippen molar-refractivity contribution in [2.75, 3.05) is 39.6 Å². The van der Waals surface area contributed by atoms with Gasteiger partial charge in [0.2, 0.25) is 0 Å². The molecule has 0 spiro atoms. The van der Waals surface area contributed by atoms with E-state index in [0.717, 1.165) is 173 Å². The molecular formula is C109H186O16P2. The van der Waals surface area contributed by atoms with Gasteiger partial charge in [0.15, 0.2) is 6.10 Å². The Hall–Kier alpha value is -5.35. The zero-order valence-corrected chi connectivity index (χ0v) is 82.4. The van der Waals surface area contributed by atoms with Gasteiger partial charge in [-0.15, -0.1) is 0 Å². The minimum atomic E-state index is -4.95. The van der Waals surface area contributed by atoms with E-state index >= 15 is 0 Å². The van der Waals surface area contributed by atoms with Crippen LogP contribution in [0.5, 0.6) is 0 Å². The maximum absolute atomic E-state index is 13.1. The Bertz CT molecular complexity index is 3040. The molecule has 5 unspecified atom stereocenters. The summed E-state index contributed by atoms with van der Waals surface area (Å²) in [5, 5.41) is 20.8. The fraction of sp³-hybridized carbons (Fsp3) is 0.697. The summed E-state index contributed by atoms with van der Waals surface area (Å²) >= 11 is 0. The van der Waals surface area contributed by atoms with E-state index < -0.39 is 91.5 Å². The summed E-state index contributed by atoms with van der Waals surface area (Å²) in [6, 6.07) is 0. The van der Waals surface area contributed by atoms with Gasteiger partial charge >= 0.3 is 33.6 Å². The number of carbonyl (C=O) groups excluding carboxylic acids is 3. The number of allylic oxidation sites excluding steroid dienone is 30. The molecule has 18 heteroatoms. The number of phosphoric ester groups is 2. The van der Waals surface area contributed by atoms with Crippen molar-refractivity contribution in [2.24, 2.45) is 0 Å². The normalized spacial score (nSPS) is 14.4. The molecule has 5 atom stereocenters. The Morgan fingerprint density at radius 3 is 0.661 bits per heavy atom. The van der Waals surface area contributed by atoms with Crippen LogP contribution >= 0.6 is 15.6 Å². The van der Waals surface area contributed by atoms with Gasteiger partial charge in [-0.25, -0.2) is 9.13 Å². The molecule has 0 aromatic heterocycles. The molecule has 0 saturated carbocycles. The van der Waals surface area contributed by atoms with Crippen molar-refractivity contribution in [3.8, 4) is 0 Å². The third-order valence-corrected chi connectivity index (χ3v) is 23.5. The van der Waals surface area contributed by atoms with E-state index in [9.17, 15) is 43.5 Å². The van der Waals surface area contributed by atoms with Crippen LogP contribution in [0.3, 0.4) is 0 Å². The van der Waals surface area contributed by atoms with Gasteiger partial charge in [0.05, 0.1) is 26.4 Å². The van der Waals surface area contributed by atoms with E-state index in [0.29, 0.717) is 19.3 Å². The fourth-order valence-corrected chi connectivity index (χ4v) is 15.5. The topological polar surface area (TPSA) is 231 Å². The number of esters is 3. The van der Waals surface area contributed by atoms with Crippen molar-refractivity contribution in [3.05, 3.63) is 182 Å². The number of aliphatic hydroxyl groups is 2. The molecule has 0 rings (SSSR count). The largest absolute Gasteiger partial charge is 0.472 e. The van der Waals surface area contributed by atoms with E-state index in [4.69, 9.17) is 32.3 Å². The Labute approximate surface area is 776 Å². The quantitative estimate of drug-likeness (QED) is 0.0146. The van der Waals surface area contributed by atoms with Crippen LogP contribution < -0.4 is 0 Å². The van der Waals surface area contributed by atoms with Gasteiger partial charge in [0, 0.05) is 19.3 Å². The molecule has 16 nitrogen and oxygen atoms in total. The van der Waals surface area contributed by atoms with Gasteiger partial charge < -0.3 is 34.2 Å². The predicted molar refractivity (Wildman–Crippen MR) is 537 cm³/mol. The van der Waals surface area contributed by atoms with Gasteiger partial charge in [0.25, 0.3) is 0 Å². The molecule has 0 bridgehead atoms. The van der Waals surface area contributed by atoms with E-state index in [1.54, 1.807) is 0 Å². The summed E-state index contributed by atoms with van der Waals surface area (Å²) in [6.07, 6.45) is 132. The first-order valence-corrected chi connectivity index (χ1v) is 54.1. The Balaban J connectivity index is 4.56. The number of ether oxygens (including phenoxy) is 3. The first-order valence-electron chi connectivity index (χ1n) is 51.1. The third kappa shape index (κ3) is 101. The van der Waals surface area contributed by atoms with Gasteiger partial charge in [0.1, 0.15) is 25.4 Å². The number of hydrogen-bond acceptors (Lipinski definition) is 14. The number of hydrogen-bond donors (Lipinski definition) is 4. The maximum Gasteiger partial charge on any atom is 0.472 e. The molecule has 4 N–H and O–H groups in total. The van der Waals surface area contributed by atoms with E-state index in [-0.39, 0.29) is 19.3 Å². The average Bonchev–Trinajstić information content (AvgIpc) is 0.899. The minimum absolute atomic E-state index is 0.0886. The molecule has 0 aliphatic rings. The standard InChI is InChI=1S/C109H186O16P2/c1-4-7-10-13-16-19-22-25-28-31-34-37-40-42-44-46-48-50-51-53-55-56-58-60-63-65-68-71-74-77-80-83-86-89-92-95-107(112)119-98-104(110)99-121-126(115,116)122-100-105(111)101-123-127(117,118)124-103-106(125-109(114)97-94-91-88-85-82-79-76-73-70-67-62-39-36-33-30-27-24-21-18-15-12-9-6-3)102-120-108(113)96-93-90-87-84-81-78-75-72-69-66-64-61-59-57-54-52-49-47-45-43-41-38-35-32-29-26-23-20-17-14-11-8-5-2/h7,9-10,12,16-21,25-30,34-39,42-45,48,50,67,70,104-106,110-111H,4-6,8,11,13-15,22-24,31-33,40-41,46-47,49,51-66,68-69,71-103H2,1-3H3,(H,115,116)(H,117,118)/b10-7-,12-9-,19-16-,20-17-,21-18-,28-25-,29-26-,30-27-,37-34-,38-35-,39-36-,44-42-,45-43-,50-48-,70-67-. The van der Waals surface area contributed by atoms with Crippen molar-refractivity contribution in [1.29, 1.82) is 0 Å². The third-order valence-electron chi connectivity index (χ3n) is 21.6. The molecule has 0 aliphatic carbocycles. The van der Waals surface area contributed by atoms with Crippen molar-refractivity contribution >= 4 is 33.6 Å².